The Balaban J connectivity index is 1.02. The van der Waals surface area contributed by atoms with E-state index in [4.69, 9.17) is 0 Å². The Hall–Kier alpha value is -7.88. The number of anilines is 6. The molecule has 11 rings (SSSR count). The van der Waals surface area contributed by atoms with Crippen molar-refractivity contribution in [2.45, 2.75) is 0 Å². The summed E-state index contributed by atoms with van der Waals surface area (Å²) in [7, 11) is 0. The molecule has 0 aliphatic carbocycles. The smallest absolute Gasteiger partial charge is 0.0544 e. The standard InChI is InChI=1S/C56H39N3/c1-3-19-44(20-4-1)58(54-27-13-17-40-15-7-9-23-48(40)54)46-33-29-39(30-34-46)43-37-51(56-52(38-43)50-25-11-12-26-53(50)57-56)42-31-35-47(36-32-42)59(45-21-5-2-6-22-45)55-28-14-18-41-16-8-10-24-49(41)55/h1-38,57H. The van der Waals surface area contributed by atoms with Crippen LogP contribution in [0.4, 0.5) is 34.1 Å². The third-order valence-corrected chi connectivity index (χ3v) is 11.6. The van der Waals surface area contributed by atoms with E-state index < -0.39 is 0 Å². The minimum atomic E-state index is 1.10. The van der Waals surface area contributed by atoms with Gasteiger partial charge in [0.2, 0.25) is 0 Å². The molecule has 59 heavy (non-hydrogen) atoms. The number of aromatic nitrogens is 1. The van der Waals surface area contributed by atoms with Crippen LogP contribution in [0.2, 0.25) is 0 Å². The van der Waals surface area contributed by atoms with Crippen LogP contribution in [0.5, 0.6) is 0 Å². The molecule has 3 nitrogen and oxygen atoms in total. The summed E-state index contributed by atoms with van der Waals surface area (Å²) in [4.78, 5) is 8.51. The van der Waals surface area contributed by atoms with Gasteiger partial charge in [-0.15, -0.1) is 0 Å². The Morgan fingerprint density at radius 1 is 0.288 bits per heavy atom. The van der Waals surface area contributed by atoms with Crippen LogP contribution in [0.15, 0.2) is 231 Å². The Kier molecular flexibility index (Phi) is 8.49. The fraction of sp³-hybridized carbons (Fsp3) is 0. The summed E-state index contributed by atoms with van der Waals surface area (Å²) in [5.41, 5.74) is 13.7. The van der Waals surface area contributed by atoms with Crippen molar-refractivity contribution in [3.05, 3.63) is 231 Å². The fourth-order valence-corrected chi connectivity index (χ4v) is 8.75. The molecule has 0 saturated carbocycles. The lowest BCUT2D eigenvalue weighted by atomic mass is 9.95. The van der Waals surface area contributed by atoms with E-state index in [9.17, 15) is 0 Å². The summed E-state index contributed by atoms with van der Waals surface area (Å²) in [5.74, 6) is 0. The third-order valence-electron chi connectivity index (χ3n) is 11.6. The van der Waals surface area contributed by atoms with Crippen molar-refractivity contribution >= 4 is 77.5 Å². The van der Waals surface area contributed by atoms with Crippen molar-refractivity contribution in [1.29, 1.82) is 0 Å². The summed E-state index contributed by atoms with van der Waals surface area (Å²) in [6.45, 7) is 0. The van der Waals surface area contributed by atoms with Crippen LogP contribution in [-0.2, 0) is 0 Å². The fourth-order valence-electron chi connectivity index (χ4n) is 8.75. The van der Waals surface area contributed by atoms with Crippen molar-refractivity contribution < 1.29 is 0 Å². The van der Waals surface area contributed by atoms with Gasteiger partial charge >= 0.3 is 0 Å². The second-order valence-corrected chi connectivity index (χ2v) is 15.0. The molecule has 3 heteroatoms. The maximum Gasteiger partial charge on any atom is 0.0544 e. The van der Waals surface area contributed by atoms with Gasteiger partial charge in [-0.25, -0.2) is 0 Å². The number of hydrogen-bond donors (Lipinski definition) is 1. The largest absolute Gasteiger partial charge is 0.354 e. The van der Waals surface area contributed by atoms with Crippen LogP contribution in [-0.4, -0.2) is 4.98 Å². The van der Waals surface area contributed by atoms with Crippen LogP contribution in [0.3, 0.4) is 0 Å². The van der Waals surface area contributed by atoms with Gasteiger partial charge in [-0.1, -0.05) is 152 Å². The first-order valence-electron chi connectivity index (χ1n) is 20.2. The zero-order valence-corrected chi connectivity index (χ0v) is 32.3. The quantitative estimate of drug-likeness (QED) is 0.167. The van der Waals surface area contributed by atoms with Gasteiger partial charge in [0, 0.05) is 55.4 Å². The highest BCUT2D eigenvalue weighted by atomic mass is 15.1. The van der Waals surface area contributed by atoms with E-state index in [2.05, 4.69) is 245 Å². The monoisotopic (exact) mass is 753 g/mol. The summed E-state index contributed by atoms with van der Waals surface area (Å²) >= 11 is 0. The number of fused-ring (bicyclic) bond motifs is 5. The zero-order chi connectivity index (χ0) is 39.1. The minimum Gasteiger partial charge on any atom is -0.354 e. The Morgan fingerprint density at radius 3 is 1.29 bits per heavy atom. The van der Waals surface area contributed by atoms with E-state index in [1.54, 1.807) is 0 Å². The highest BCUT2D eigenvalue weighted by Crippen LogP contribution is 2.43. The van der Waals surface area contributed by atoms with E-state index in [1.165, 1.54) is 43.4 Å². The van der Waals surface area contributed by atoms with E-state index in [1.807, 2.05) is 0 Å². The molecular formula is C56H39N3. The van der Waals surface area contributed by atoms with Crippen LogP contribution >= 0.6 is 0 Å². The maximum absolute atomic E-state index is 3.79. The lowest BCUT2D eigenvalue weighted by Crippen LogP contribution is -2.10. The predicted molar refractivity (Wildman–Crippen MR) is 251 cm³/mol. The summed E-state index contributed by atoms with van der Waals surface area (Å²) < 4.78 is 0. The summed E-state index contributed by atoms with van der Waals surface area (Å²) in [6.07, 6.45) is 0. The number of benzene rings is 10. The van der Waals surface area contributed by atoms with E-state index in [0.717, 1.165) is 56.3 Å². The van der Waals surface area contributed by atoms with Crippen molar-refractivity contribution in [1.82, 2.24) is 4.98 Å². The highest BCUT2D eigenvalue weighted by molar-refractivity contribution is 6.13. The second kappa shape index (κ2) is 14.6. The first-order valence-corrected chi connectivity index (χ1v) is 20.2. The molecule has 0 amide bonds. The van der Waals surface area contributed by atoms with Crippen LogP contribution in [0.25, 0.3) is 65.6 Å². The number of nitrogens with zero attached hydrogens (tertiary/aromatic N) is 2. The molecule has 1 heterocycles. The lowest BCUT2D eigenvalue weighted by Gasteiger charge is -2.27. The number of hydrogen-bond acceptors (Lipinski definition) is 2. The van der Waals surface area contributed by atoms with Crippen LogP contribution in [0, 0.1) is 0 Å². The molecule has 1 N–H and O–H groups in total. The molecular weight excluding hydrogens is 715 g/mol. The average Bonchev–Trinajstić information content (AvgIpc) is 3.69. The minimum absolute atomic E-state index is 1.10. The molecule has 0 aliphatic heterocycles. The molecule has 0 spiro atoms. The topological polar surface area (TPSA) is 22.3 Å². The number of aromatic amines is 1. The van der Waals surface area contributed by atoms with E-state index in [0.29, 0.717) is 0 Å². The molecule has 11 aromatic rings. The maximum atomic E-state index is 3.79. The predicted octanol–water partition coefficient (Wildman–Crippen LogP) is 15.9. The molecule has 0 radical (unpaired) electrons. The van der Waals surface area contributed by atoms with E-state index in [-0.39, 0.29) is 0 Å². The number of H-pyrrole nitrogens is 1. The Bertz CT molecular complexity index is 3250. The van der Waals surface area contributed by atoms with Crippen LogP contribution < -0.4 is 9.80 Å². The van der Waals surface area contributed by atoms with Gasteiger partial charge in [0.1, 0.15) is 0 Å². The molecule has 0 aliphatic rings. The van der Waals surface area contributed by atoms with Gasteiger partial charge in [0.25, 0.3) is 0 Å². The molecule has 278 valence electrons. The number of rotatable bonds is 8. The molecule has 0 fully saturated rings. The SMILES string of the molecule is c1ccc(N(c2ccc(-c3cc(-c4ccc(N(c5ccccc5)c5cccc6ccccc56)cc4)c4[nH]c5ccccc5c4c3)cc2)c2cccc3ccccc23)cc1. The highest BCUT2D eigenvalue weighted by Gasteiger charge is 2.19. The van der Waals surface area contributed by atoms with Crippen molar-refractivity contribution in [2.75, 3.05) is 9.80 Å². The first kappa shape index (κ1) is 34.4. The Labute approximate surface area is 343 Å². The second-order valence-electron chi connectivity index (χ2n) is 15.0. The zero-order valence-electron chi connectivity index (χ0n) is 32.3. The van der Waals surface area contributed by atoms with Crippen LogP contribution in [0.1, 0.15) is 0 Å². The van der Waals surface area contributed by atoms with Gasteiger partial charge in [0.15, 0.2) is 0 Å². The normalized spacial score (nSPS) is 11.4. The average molecular weight is 754 g/mol. The van der Waals surface area contributed by atoms with Gasteiger partial charge in [-0.3, -0.25) is 0 Å². The van der Waals surface area contributed by atoms with Gasteiger partial charge < -0.3 is 14.8 Å². The van der Waals surface area contributed by atoms with Crippen molar-refractivity contribution in [3.8, 4) is 22.3 Å². The first-order chi connectivity index (χ1) is 29.3. The number of para-hydroxylation sites is 3. The number of nitrogens with one attached hydrogen (secondary N) is 1. The van der Waals surface area contributed by atoms with Gasteiger partial charge in [-0.2, -0.15) is 0 Å². The van der Waals surface area contributed by atoms with E-state index >= 15 is 0 Å². The molecule has 0 bridgehead atoms. The molecule has 1 aromatic heterocycles. The lowest BCUT2D eigenvalue weighted by molar-refractivity contribution is 1.30. The summed E-state index contributed by atoms with van der Waals surface area (Å²) in [5, 5.41) is 7.30. The van der Waals surface area contributed by atoms with Crippen molar-refractivity contribution in [2.24, 2.45) is 0 Å². The Morgan fingerprint density at radius 2 is 0.729 bits per heavy atom. The van der Waals surface area contributed by atoms with Gasteiger partial charge in [-0.05, 0) is 106 Å². The molecule has 0 saturated heterocycles. The van der Waals surface area contributed by atoms with Gasteiger partial charge in [0.05, 0.1) is 16.9 Å². The molecule has 10 aromatic carbocycles. The molecule has 0 atom stereocenters. The summed E-state index contributed by atoms with van der Waals surface area (Å²) in [6, 6.07) is 83.0. The van der Waals surface area contributed by atoms with Crippen molar-refractivity contribution in [3.63, 3.8) is 0 Å². The molecule has 0 unspecified atom stereocenters. The third kappa shape index (κ3) is 6.17.